The van der Waals surface area contributed by atoms with Gasteiger partial charge in [0.2, 0.25) is 0 Å². The third kappa shape index (κ3) is 3.86. The lowest BCUT2D eigenvalue weighted by Crippen LogP contribution is -2.30. The van der Waals surface area contributed by atoms with Crippen LogP contribution in [0.4, 0.5) is 0 Å². The van der Waals surface area contributed by atoms with E-state index in [1.165, 1.54) is 10.9 Å². The van der Waals surface area contributed by atoms with Crippen molar-refractivity contribution in [2.45, 2.75) is 53.2 Å². The first-order chi connectivity index (χ1) is 10.2. The van der Waals surface area contributed by atoms with Crippen molar-refractivity contribution in [3.8, 4) is 0 Å². The van der Waals surface area contributed by atoms with E-state index in [2.05, 4.69) is 56.1 Å². The molecule has 116 valence electrons. The standard InChI is InChI=1S/C18H28N2O/c1-5-11-19-12-16-15-9-7-8-10-17(15)21-18(16)13-20(6-2)14(3)4/h7-10,14,19H,5-6,11-13H2,1-4H3. The van der Waals surface area contributed by atoms with Crippen LogP contribution in [0.25, 0.3) is 11.0 Å². The highest BCUT2D eigenvalue weighted by Gasteiger charge is 2.17. The van der Waals surface area contributed by atoms with Crippen molar-refractivity contribution >= 4 is 11.0 Å². The Balaban J connectivity index is 2.29. The van der Waals surface area contributed by atoms with Gasteiger partial charge >= 0.3 is 0 Å². The Bertz CT molecular complexity index is 559. The largest absolute Gasteiger partial charge is 0.459 e. The lowest BCUT2D eigenvalue weighted by molar-refractivity contribution is 0.208. The van der Waals surface area contributed by atoms with E-state index in [1.54, 1.807) is 0 Å². The summed E-state index contributed by atoms with van der Waals surface area (Å²) in [6, 6.07) is 8.88. The summed E-state index contributed by atoms with van der Waals surface area (Å²) < 4.78 is 6.13. The minimum atomic E-state index is 0.527. The molecular weight excluding hydrogens is 260 g/mol. The summed E-state index contributed by atoms with van der Waals surface area (Å²) >= 11 is 0. The van der Waals surface area contributed by atoms with Crippen LogP contribution in [-0.4, -0.2) is 24.0 Å². The summed E-state index contributed by atoms with van der Waals surface area (Å²) in [7, 11) is 0. The molecule has 2 aromatic rings. The molecule has 0 unspecified atom stereocenters. The number of hydrogen-bond donors (Lipinski definition) is 1. The molecule has 1 N–H and O–H groups in total. The van der Waals surface area contributed by atoms with Gasteiger partial charge in [-0.3, -0.25) is 4.90 Å². The van der Waals surface area contributed by atoms with Gasteiger partial charge in [-0.25, -0.2) is 0 Å². The fourth-order valence-corrected chi connectivity index (χ4v) is 2.71. The quantitative estimate of drug-likeness (QED) is 0.739. The van der Waals surface area contributed by atoms with Crippen LogP contribution < -0.4 is 5.32 Å². The highest BCUT2D eigenvalue weighted by molar-refractivity contribution is 5.82. The molecule has 0 aliphatic rings. The molecule has 0 atom stereocenters. The summed E-state index contributed by atoms with van der Waals surface area (Å²) in [5, 5.41) is 4.76. The van der Waals surface area contributed by atoms with Crippen molar-refractivity contribution in [1.29, 1.82) is 0 Å². The number of rotatable bonds is 8. The Morgan fingerprint density at radius 3 is 2.62 bits per heavy atom. The molecule has 21 heavy (non-hydrogen) atoms. The lowest BCUT2D eigenvalue weighted by Gasteiger charge is -2.24. The Morgan fingerprint density at radius 2 is 1.95 bits per heavy atom. The number of hydrogen-bond acceptors (Lipinski definition) is 3. The van der Waals surface area contributed by atoms with E-state index < -0.39 is 0 Å². The second kappa shape index (κ2) is 7.62. The number of nitrogens with one attached hydrogen (secondary N) is 1. The summed E-state index contributed by atoms with van der Waals surface area (Å²) in [6.45, 7) is 12.7. The van der Waals surface area contributed by atoms with Crippen LogP contribution in [0.3, 0.4) is 0 Å². The number of fused-ring (bicyclic) bond motifs is 1. The summed E-state index contributed by atoms with van der Waals surface area (Å²) in [5.74, 6) is 1.11. The van der Waals surface area contributed by atoms with Gasteiger partial charge in [-0.1, -0.05) is 32.0 Å². The topological polar surface area (TPSA) is 28.4 Å². The normalized spacial score (nSPS) is 11.9. The monoisotopic (exact) mass is 288 g/mol. The fourth-order valence-electron chi connectivity index (χ4n) is 2.71. The van der Waals surface area contributed by atoms with Gasteiger partial charge in [0, 0.05) is 23.5 Å². The first-order valence-corrected chi connectivity index (χ1v) is 8.11. The first kappa shape index (κ1) is 16.1. The summed E-state index contributed by atoms with van der Waals surface area (Å²) in [6.07, 6.45) is 1.15. The van der Waals surface area contributed by atoms with Crippen LogP contribution in [0.5, 0.6) is 0 Å². The number of benzene rings is 1. The van der Waals surface area contributed by atoms with Gasteiger partial charge in [-0.2, -0.15) is 0 Å². The van der Waals surface area contributed by atoms with E-state index in [9.17, 15) is 0 Å². The van der Waals surface area contributed by atoms with Crippen molar-refractivity contribution in [2.75, 3.05) is 13.1 Å². The number of para-hydroxylation sites is 1. The smallest absolute Gasteiger partial charge is 0.134 e. The van der Waals surface area contributed by atoms with Crippen molar-refractivity contribution in [3.05, 3.63) is 35.6 Å². The average Bonchev–Trinajstić information content (AvgIpc) is 2.82. The van der Waals surface area contributed by atoms with Gasteiger partial charge in [0.1, 0.15) is 11.3 Å². The van der Waals surface area contributed by atoms with E-state index in [4.69, 9.17) is 4.42 Å². The van der Waals surface area contributed by atoms with Crippen LogP contribution in [-0.2, 0) is 13.1 Å². The van der Waals surface area contributed by atoms with Crippen molar-refractivity contribution < 1.29 is 4.42 Å². The molecule has 0 aliphatic carbocycles. The Morgan fingerprint density at radius 1 is 1.19 bits per heavy atom. The maximum atomic E-state index is 6.13. The molecule has 0 saturated heterocycles. The van der Waals surface area contributed by atoms with Gasteiger partial charge in [-0.05, 0) is 39.4 Å². The van der Waals surface area contributed by atoms with Gasteiger partial charge < -0.3 is 9.73 Å². The van der Waals surface area contributed by atoms with E-state index in [1.807, 2.05) is 6.07 Å². The zero-order valence-corrected chi connectivity index (χ0v) is 13.8. The number of nitrogens with zero attached hydrogens (tertiary/aromatic N) is 1. The van der Waals surface area contributed by atoms with E-state index in [0.717, 1.165) is 43.9 Å². The molecule has 0 radical (unpaired) electrons. The molecule has 0 saturated carbocycles. The second-order valence-electron chi connectivity index (χ2n) is 5.83. The summed E-state index contributed by atoms with van der Waals surface area (Å²) in [5.41, 5.74) is 2.32. The molecule has 0 amide bonds. The predicted molar refractivity (Wildman–Crippen MR) is 89.4 cm³/mol. The highest BCUT2D eigenvalue weighted by Crippen LogP contribution is 2.27. The molecule has 0 bridgehead atoms. The molecule has 0 fully saturated rings. The highest BCUT2D eigenvalue weighted by atomic mass is 16.3. The average molecular weight is 288 g/mol. The van der Waals surface area contributed by atoms with Gasteiger partial charge in [0.05, 0.1) is 6.54 Å². The maximum absolute atomic E-state index is 6.13. The zero-order valence-electron chi connectivity index (χ0n) is 13.8. The molecule has 2 rings (SSSR count). The van der Waals surface area contributed by atoms with Crippen molar-refractivity contribution in [2.24, 2.45) is 0 Å². The Kier molecular flexibility index (Phi) is 5.83. The third-order valence-corrected chi connectivity index (χ3v) is 3.99. The van der Waals surface area contributed by atoms with Crippen LogP contribution in [0.2, 0.25) is 0 Å². The fraction of sp³-hybridized carbons (Fsp3) is 0.556. The molecular formula is C18H28N2O. The van der Waals surface area contributed by atoms with Gasteiger partial charge in [0.25, 0.3) is 0 Å². The SMILES string of the molecule is CCCNCc1c(CN(CC)C(C)C)oc2ccccc12. The van der Waals surface area contributed by atoms with Crippen molar-refractivity contribution in [3.63, 3.8) is 0 Å². The molecule has 1 heterocycles. The molecule has 0 aliphatic heterocycles. The molecule has 1 aromatic heterocycles. The Labute approximate surface area is 128 Å². The van der Waals surface area contributed by atoms with Crippen LogP contribution in [0, 0.1) is 0 Å². The van der Waals surface area contributed by atoms with Crippen LogP contribution in [0.15, 0.2) is 28.7 Å². The summed E-state index contributed by atoms with van der Waals surface area (Å²) in [4.78, 5) is 2.43. The molecule has 1 aromatic carbocycles. The second-order valence-corrected chi connectivity index (χ2v) is 5.83. The zero-order chi connectivity index (χ0) is 15.2. The molecule has 3 heteroatoms. The molecule has 0 spiro atoms. The Hall–Kier alpha value is -1.32. The van der Waals surface area contributed by atoms with Crippen LogP contribution >= 0.6 is 0 Å². The molecule has 3 nitrogen and oxygen atoms in total. The predicted octanol–water partition coefficient (Wildman–Crippen LogP) is 4.16. The van der Waals surface area contributed by atoms with Gasteiger partial charge in [0.15, 0.2) is 0 Å². The maximum Gasteiger partial charge on any atom is 0.134 e. The van der Waals surface area contributed by atoms with Gasteiger partial charge in [-0.15, -0.1) is 0 Å². The first-order valence-electron chi connectivity index (χ1n) is 8.11. The third-order valence-electron chi connectivity index (χ3n) is 3.99. The minimum absolute atomic E-state index is 0.527. The van der Waals surface area contributed by atoms with E-state index in [-0.39, 0.29) is 0 Å². The lowest BCUT2D eigenvalue weighted by atomic mass is 10.1. The minimum Gasteiger partial charge on any atom is -0.459 e. The van der Waals surface area contributed by atoms with E-state index in [0.29, 0.717) is 6.04 Å². The number of furan rings is 1. The van der Waals surface area contributed by atoms with Crippen LogP contribution in [0.1, 0.15) is 45.4 Å². The van der Waals surface area contributed by atoms with E-state index >= 15 is 0 Å². The van der Waals surface area contributed by atoms with Crippen molar-refractivity contribution in [1.82, 2.24) is 10.2 Å².